The standard InChI is InChI=1S/C12H19N3/c1-9(2)10-5-6-15(8-10)12-4-3-11(13)7-14-12/h3-4,7,9-10H,5-6,8,13H2,1-2H3. The van der Waals surface area contributed by atoms with E-state index >= 15 is 0 Å². The van der Waals surface area contributed by atoms with E-state index in [9.17, 15) is 0 Å². The lowest BCUT2D eigenvalue weighted by Crippen LogP contribution is -2.22. The topological polar surface area (TPSA) is 42.1 Å². The van der Waals surface area contributed by atoms with Crippen molar-refractivity contribution in [1.29, 1.82) is 0 Å². The summed E-state index contributed by atoms with van der Waals surface area (Å²) in [4.78, 5) is 6.71. The van der Waals surface area contributed by atoms with Crippen LogP contribution in [0.1, 0.15) is 20.3 Å². The summed E-state index contributed by atoms with van der Waals surface area (Å²) in [6.45, 7) is 6.85. The van der Waals surface area contributed by atoms with Crippen molar-refractivity contribution in [1.82, 2.24) is 4.98 Å². The second-order valence-corrected chi connectivity index (χ2v) is 4.69. The van der Waals surface area contributed by atoms with Gasteiger partial charge in [-0.05, 0) is 30.4 Å². The molecule has 1 aromatic heterocycles. The van der Waals surface area contributed by atoms with Crippen molar-refractivity contribution in [2.75, 3.05) is 23.7 Å². The van der Waals surface area contributed by atoms with Gasteiger partial charge in [-0.3, -0.25) is 0 Å². The van der Waals surface area contributed by atoms with Crippen LogP contribution in [0.3, 0.4) is 0 Å². The molecule has 2 rings (SSSR count). The van der Waals surface area contributed by atoms with Gasteiger partial charge in [0.05, 0.1) is 11.9 Å². The third kappa shape index (κ3) is 2.22. The van der Waals surface area contributed by atoms with Crippen molar-refractivity contribution in [2.45, 2.75) is 20.3 Å². The highest BCUT2D eigenvalue weighted by Gasteiger charge is 2.25. The first-order valence-electron chi connectivity index (χ1n) is 5.63. The van der Waals surface area contributed by atoms with Crippen LogP contribution in [-0.2, 0) is 0 Å². The summed E-state index contributed by atoms with van der Waals surface area (Å²) >= 11 is 0. The summed E-state index contributed by atoms with van der Waals surface area (Å²) in [5, 5.41) is 0. The number of hydrogen-bond donors (Lipinski definition) is 1. The van der Waals surface area contributed by atoms with E-state index in [1.54, 1.807) is 6.20 Å². The lowest BCUT2D eigenvalue weighted by molar-refractivity contribution is 0.422. The van der Waals surface area contributed by atoms with E-state index in [1.165, 1.54) is 6.42 Å². The maximum absolute atomic E-state index is 5.62. The minimum atomic E-state index is 0.735. The van der Waals surface area contributed by atoms with Crippen LogP contribution in [0.4, 0.5) is 11.5 Å². The summed E-state index contributed by atoms with van der Waals surface area (Å²) in [6.07, 6.45) is 3.02. The Balaban J connectivity index is 2.04. The zero-order chi connectivity index (χ0) is 10.8. The van der Waals surface area contributed by atoms with E-state index in [0.29, 0.717) is 0 Å². The Kier molecular flexibility index (Phi) is 2.80. The summed E-state index contributed by atoms with van der Waals surface area (Å²) in [6, 6.07) is 3.93. The van der Waals surface area contributed by atoms with E-state index in [-0.39, 0.29) is 0 Å². The van der Waals surface area contributed by atoms with Gasteiger partial charge in [-0.1, -0.05) is 13.8 Å². The number of nitrogen functional groups attached to an aromatic ring is 1. The Morgan fingerprint density at radius 1 is 1.47 bits per heavy atom. The molecule has 1 fully saturated rings. The minimum Gasteiger partial charge on any atom is -0.397 e. The molecule has 1 aliphatic rings. The van der Waals surface area contributed by atoms with Crippen LogP contribution in [0.15, 0.2) is 18.3 Å². The summed E-state index contributed by atoms with van der Waals surface area (Å²) in [5.74, 6) is 2.64. The highest BCUT2D eigenvalue weighted by atomic mass is 15.2. The van der Waals surface area contributed by atoms with E-state index < -0.39 is 0 Å². The number of nitrogens with zero attached hydrogens (tertiary/aromatic N) is 2. The van der Waals surface area contributed by atoms with Crippen LogP contribution in [0, 0.1) is 11.8 Å². The average Bonchev–Trinajstić information content (AvgIpc) is 2.68. The molecule has 1 atom stereocenters. The van der Waals surface area contributed by atoms with Gasteiger partial charge in [0.2, 0.25) is 0 Å². The summed E-state index contributed by atoms with van der Waals surface area (Å²) < 4.78 is 0. The molecule has 1 aromatic rings. The highest BCUT2D eigenvalue weighted by Crippen LogP contribution is 2.27. The molecule has 0 aromatic carbocycles. The van der Waals surface area contributed by atoms with Crippen LogP contribution >= 0.6 is 0 Å². The molecule has 0 spiro atoms. The number of pyridine rings is 1. The normalized spacial score (nSPS) is 21.3. The van der Waals surface area contributed by atoms with Gasteiger partial charge in [0.15, 0.2) is 0 Å². The molecule has 0 amide bonds. The molecule has 1 saturated heterocycles. The van der Waals surface area contributed by atoms with Crippen LogP contribution in [0.5, 0.6) is 0 Å². The zero-order valence-electron chi connectivity index (χ0n) is 9.48. The molecule has 3 heteroatoms. The van der Waals surface area contributed by atoms with Gasteiger partial charge in [0.25, 0.3) is 0 Å². The van der Waals surface area contributed by atoms with Gasteiger partial charge in [0.1, 0.15) is 5.82 Å². The second-order valence-electron chi connectivity index (χ2n) is 4.69. The molecular formula is C12H19N3. The van der Waals surface area contributed by atoms with Crippen molar-refractivity contribution >= 4 is 11.5 Å². The number of rotatable bonds is 2. The fourth-order valence-electron chi connectivity index (χ4n) is 2.12. The molecule has 0 saturated carbocycles. The van der Waals surface area contributed by atoms with Crippen molar-refractivity contribution < 1.29 is 0 Å². The molecule has 3 nitrogen and oxygen atoms in total. The molecule has 2 N–H and O–H groups in total. The van der Waals surface area contributed by atoms with Gasteiger partial charge in [-0.15, -0.1) is 0 Å². The van der Waals surface area contributed by atoms with Crippen LogP contribution in [0.25, 0.3) is 0 Å². The molecule has 82 valence electrons. The zero-order valence-corrected chi connectivity index (χ0v) is 9.48. The first-order chi connectivity index (χ1) is 7.16. The predicted octanol–water partition coefficient (Wildman–Crippen LogP) is 2.15. The Morgan fingerprint density at radius 2 is 2.27 bits per heavy atom. The SMILES string of the molecule is CC(C)C1CCN(c2ccc(N)cn2)C1. The third-order valence-corrected chi connectivity index (χ3v) is 3.26. The quantitative estimate of drug-likeness (QED) is 0.804. The molecule has 0 aliphatic carbocycles. The molecular weight excluding hydrogens is 186 g/mol. The third-order valence-electron chi connectivity index (χ3n) is 3.26. The molecule has 1 aliphatic heterocycles. The smallest absolute Gasteiger partial charge is 0.128 e. The summed E-state index contributed by atoms with van der Waals surface area (Å²) in [7, 11) is 0. The maximum atomic E-state index is 5.62. The monoisotopic (exact) mass is 205 g/mol. The molecule has 1 unspecified atom stereocenters. The highest BCUT2D eigenvalue weighted by molar-refractivity contribution is 5.46. The van der Waals surface area contributed by atoms with E-state index in [4.69, 9.17) is 5.73 Å². The predicted molar refractivity (Wildman–Crippen MR) is 63.8 cm³/mol. The largest absolute Gasteiger partial charge is 0.397 e. The van der Waals surface area contributed by atoms with Gasteiger partial charge in [0, 0.05) is 13.1 Å². The van der Waals surface area contributed by atoms with Gasteiger partial charge in [-0.25, -0.2) is 4.98 Å². The Bertz CT molecular complexity index is 318. The number of hydrogen-bond acceptors (Lipinski definition) is 3. The lowest BCUT2D eigenvalue weighted by atomic mass is 9.95. The van der Waals surface area contributed by atoms with Crippen LogP contribution in [-0.4, -0.2) is 18.1 Å². The molecule has 2 heterocycles. The Hall–Kier alpha value is -1.25. The van der Waals surface area contributed by atoms with Crippen LogP contribution < -0.4 is 10.6 Å². The van der Waals surface area contributed by atoms with Crippen molar-refractivity contribution in [2.24, 2.45) is 11.8 Å². The van der Waals surface area contributed by atoms with Crippen molar-refractivity contribution in [3.63, 3.8) is 0 Å². The lowest BCUT2D eigenvalue weighted by Gasteiger charge is -2.18. The fourth-order valence-corrected chi connectivity index (χ4v) is 2.12. The molecule has 15 heavy (non-hydrogen) atoms. The van der Waals surface area contributed by atoms with E-state index in [1.807, 2.05) is 12.1 Å². The fraction of sp³-hybridized carbons (Fsp3) is 0.583. The molecule has 0 bridgehead atoms. The van der Waals surface area contributed by atoms with Gasteiger partial charge >= 0.3 is 0 Å². The first-order valence-corrected chi connectivity index (χ1v) is 5.63. The Labute approximate surface area is 91.3 Å². The van der Waals surface area contributed by atoms with E-state index in [2.05, 4.69) is 23.7 Å². The van der Waals surface area contributed by atoms with Gasteiger partial charge in [-0.2, -0.15) is 0 Å². The Morgan fingerprint density at radius 3 is 2.80 bits per heavy atom. The van der Waals surface area contributed by atoms with Crippen molar-refractivity contribution in [3.8, 4) is 0 Å². The van der Waals surface area contributed by atoms with Crippen molar-refractivity contribution in [3.05, 3.63) is 18.3 Å². The first kappa shape index (κ1) is 10.3. The number of nitrogens with two attached hydrogens (primary N) is 1. The average molecular weight is 205 g/mol. The van der Waals surface area contributed by atoms with E-state index in [0.717, 1.165) is 36.4 Å². The number of anilines is 2. The van der Waals surface area contributed by atoms with Crippen LogP contribution in [0.2, 0.25) is 0 Å². The molecule has 0 radical (unpaired) electrons. The minimum absolute atomic E-state index is 0.735. The second kappa shape index (κ2) is 4.09. The number of aromatic nitrogens is 1. The summed E-state index contributed by atoms with van der Waals surface area (Å²) in [5.41, 5.74) is 6.35. The van der Waals surface area contributed by atoms with Gasteiger partial charge < -0.3 is 10.6 Å². The maximum Gasteiger partial charge on any atom is 0.128 e.